The molecule has 0 saturated heterocycles. The smallest absolute Gasteiger partial charge is 0.302 e. The molecule has 1 aromatic rings. The van der Waals surface area contributed by atoms with E-state index in [0.29, 0.717) is 10.7 Å². The maximum Gasteiger partial charge on any atom is 0.302 e. The summed E-state index contributed by atoms with van der Waals surface area (Å²) in [7, 11) is 0. The van der Waals surface area contributed by atoms with Crippen molar-refractivity contribution in [3.8, 4) is 0 Å². The molecule has 0 aromatic carbocycles. The molecular weight excluding hydrogens is 218 g/mol. The Morgan fingerprint density at radius 1 is 1.73 bits per heavy atom. The van der Waals surface area contributed by atoms with Gasteiger partial charge in [0.25, 0.3) is 0 Å². The van der Waals surface area contributed by atoms with Crippen molar-refractivity contribution < 1.29 is 14.6 Å². The molecule has 1 N–H and O–H groups in total. The quantitative estimate of drug-likeness (QED) is 0.793. The van der Waals surface area contributed by atoms with Gasteiger partial charge in [-0.25, -0.2) is 0 Å². The van der Waals surface area contributed by atoms with Crippen molar-refractivity contribution in [3.63, 3.8) is 0 Å². The Labute approximate surface area is 92.8 Å². The van der Waals surface area contributed by atoms with Crippen LogP contribution in [0, 0.1) is 0 Å². The molecule has 0 radical (unpaired) electrons. The molecule has 0 fully saturated rings. The molecule has 82 valence electrons. The molecule has 1 aromatic heterocycles. The minimum Gasteiger partial charge on any atom is -0.465 e. The van der Waals surface area contributed by atoms with E-state index in [9.17, 15) is 4.79 Å². The van der Waals surface area contributed by atoms with Crippen molar-refractivity contribution in [2.45, 2.75) is 12.8 Å². The molecule has 1 heterocycles. The lowest BCUT2D eigenvalue weighted by atomic mass is 10.1. The number of esters is 1. The third-order valence-electron chi connectivity index (χ3n) is 1.88. The number of halogens is 1. The Morgan fingerprint density at radius 3 is 3.00 bits per heavy atom. The minimum atomic E-state index is -0.388. The van der Waals surface area contributed by atoms with Crippen LogP contribution in [0.2, 0.25) is 5.02 Å². The van der Waals surface area contributed by atoms with Crippen molar-refractivity contribution in [1.82, 2.24) is 4.98 Å². The molecule has 5 heteroatoms. The number of hydrogen-bond acceptors (Lipinski definition) is 4. The second kappa shape index (κ2) is 5.68. The number of ether oxygens (including phenoxy) is 1. The van der Waals surface area contributed by atoms with E-state index in [0.717, 1.165) is 0 Å². The van der Waals surface area contributed by atoms with Gasteiger partial charge in [0, 0.05) is 13.1 Å². The highest BCUT2D eigenvalue weighted by molar-refractivity contribution is 6.31. The summed E-state index contributed by atoms with van der Waals surface area (Å²) >= 11 is 5.90. The molecule has 0 aliphatic rings. The van der Waals surface area contributed by atoms with Crippen molar-refractivity contribution >= 4 is 17.6 Å². The van der Waals surface area contributed by atoms with Crippen molar-refractivity contribution in [2.75, 3.05) is 13.2 Å². The number of hydrogen-bond donors (Lipinski definition) is 1. The Kier molecular flexibility index (Phi) is 4.52. The van der Waals surface area contributed by atoms with Gasteiger partial charge >= 0.3 is 5.97 Å². The van der Waals surface area contributed by atoms with Crippen molar-refractivity contribution in [2.24, 2.45) is 0 Å². The summed E-state index contributed by atoms with van der Waals surface area (Å²) in [4.78, 5) is 14.7. The van der Waals surface area contributed by atoms with Gasteiger partial charge in [-0.1, -0.05) is 11.6 Å². The second-order valence-corrected chi connectivity index (χ2v) is 3.46. The van der Waals surface area contributed by atoms with Gasteiger partial charge in [0.15, 0.2) is 0 Å². The number of carbonyl (C=O) groups is 1. The standard InChI is InChI=1S/C10H12ClNO3/c1-7(14)15-6-8(5-13)10-9(11)3-2-4-12-10/h2-4,8,13H,5-6H2,1H3/t8-/m1/s1. The van der Waals surface area contributed by atoms with Gasteiger partial charge in [-0.3, -0.25) is 9.78 Å². The van der Waals surface area contributed by atoms with E-state index >= 15 is 0 Å². The molecule has 0 aliphatic carbocycles. The number of aliphatic hydroxyl groups is 1. The summed E-state index contributed by atoms with van der Waals surface area (Å²) < 4.78 is 4.81. The third kappa shape index (κ3) is 3.49. The molecule has 1 atom stereocenters. The highest BCUT2D eigenvalue weighted by Crippen LogP contribution is 2.21. The lowest BCUT2D eigenvalue weighted by molar-refractivity contribution is -0.141. The van der Waals surface area contributed by atoms with E-state index in [2.05, 4.69) is 4.98 Å². The van der Waals surface area contributed by atoms with Crippen LogP contribution in [-0.2, 0) is 9.53 Å². The second-order valence-electron chi connectivity index (χ2n) is 3.05. The molecule has 0 bridgehead atoms. The average Bonchev–Trinajstić information content (AvgIpc) is 2.21. The molecular formula is C10H12ClNO3. The van der Waals surface area contributed by atoms with Gasteiger partial charge in [0.2, 0.25) is 0 Å². The zero-order valence-corrected chi connectivity index (χ0v) is 9.07. The lowest BCUT2D eigenvalue weighted by Crippen LogP contribution is -2.15. The Hall–Kier alpha value is -1.13. The van der Waals surface area contributed by atoms with Crippen LogP contribution in [-0.4, -0.2) is 29.3 Å². The molecule has 0 spiro atoms. The van der Waals surface area contributed by atoms with Crippen LogP contribution >= 0.6 is 11.6 Å². The summed E-state index contributed by atoms with van der Waals surface area (Å²) in [6, 6.07) is 3.38. The average molecular weight is 230 g/mol. The zero-order valence-electron chi connectivity index (χ0n) is 8.31. The number of aliphatic hydroxyl groups excluding tert-OH is 1. The van der Waals surface area contributed by atoms with Gasteiger partial charge in [0.1, 0.15) is 6.61 Å². The van der Waals surface area contributed by atoms with E-state index < -0.39 is 0 Å². The predicted molar refractivity (Wildman–Crippen MR) is 55.7 cm³/mol. The first-order chi connectivity index (χ1) is 7.15. The van der Waals surface area contributed by atoms with E-state index in [-0.39, 0.29) is 25.1 Å². The van der Waals surface area contributed by atoms with Gasteiger partial charge in [-0.2, -0.15) is 0 Å². The Morgan fingerprint density at radius 2 is 2.47 bits per heavy atom. The van der Waals surface area contributed by atoms with Crippen LogP contribution in [0.25, 0.3) is 0 Å². The third-order valence-corrected chi connectivity index (χ3v) is 2.20. The molecule has 0 unspecified atom stereocenters. The van der Waals surface area contributed by atoms with Gasteiger partial charge in [0.05, 0.1) is 23.2 Å². The van der Waals surface area contributed by atoms with E-state index in [1.807, 2.05) is 0 Å². The normalized spacial score (nSPS) is 12.2. The largest absolute Gasteiger partial charge is 0.465 e. The van der Waals surface area contributed by atoms with Gasteiger partial charge < -0.3 is 9.84 Å². The number of aromatic nitrogens is 1. The number of pyridine rings is 1. The first-order valence-electron chi connectivity index (χ1n) is 4.49. The number of rotatable bonds is 4. The zero-order chi connectivity index (χ0) is 11.3. The molecule has 0 saturated carbocycles. The molecule has 15 heavy (non-hydrogen) atoms. The summed E-state index contributed by atoms with van der Waals surface area (Å²) in [5.41, 5.74) is 0.544. The SMILES string of the molecule is CC(=O)OC[C@@H](CO)c1ncccc1Cl. The summed E-state index contributed by atoms with van der Waals surface area (Å²) in [6.45, 7) is 1.24. The van der Waals surface area contributed by atoms with Crippen LogP contribution in [0.3, 0.4) is 0 Å². The minimum absolute atomic E-state index is 0.0859. The van der Waals surface area contributed by atoms with Crippen LogP contribution < -0.4 is 0 Å². The van der Waals surface area contributed by atoms with Gasteiger partial charge in [-0.15, -0.1) is 0 Å². The van der Waals surface area contributed by atoms with E-state index in [1.54, 1.807) is 18.3 Å². The first kappa shape index (κ1) is 11.9. The molecule has 1 rings (SSSR count). The lowest BCUT2D eigenvalue weighted by Gasteiger charge is -2.14. The molecule has 0 amide bonds. The number of carbonyl (C=O) groups excluding carboxylic acids is 1. The predicted octanol–water partition coefficient (Wildman–Crippen LogP) is 1.37. The summed E-state index contributed by atoms with van der Waals surface area (Å²) in [6.07, 6.45) is 1.58. The van der Waals surface area contributed by atoms with Crippen molar-refractivity contribution in [1.29, 1.82) is 0 Å². The summed E-state index contributed by atoms with van der Waals surface area (Å²) in [5.74, 6) is -0.761. The van der Waals surface area contributed by atoms with Crippen LogP contribution in [0.5, 0.6) is 0 Å². The molecule has 4 nitrogen and oxygen atoms in total. The van der Waals surface area contributed by atoms with E-state index in [1.165, 1.54) is 6.92 Å². The highest BCUT2D eigenvalue weighted by Gasteiger charge is 2.16. The van der Waals surface area contributed by atoms with Crippen LogP contribution in [0.15, 0.2) is 18.3 Å². The fourth-order valence-corrected chi connectivity index (χ4v) is 1.41. The summed E-state index contributed by atoms with van der Waals surface area (Å²) in [5, 5.41) is 9.59. The number of nitrogens with zero attached hydrogens (tertiary/aromatic N) is 1. The maximum atomic E-state index is 10.6. The first-order valence-corrected chi connectivity index (χ1v) is 4.87. The topological polar surface area (TPSA) is 59.4 Å². The maximum absolute atomic E-state index is 10.6. The highest BCUT2D eigenvalue weighted by atomic mass is 35.5. The van der Waals surface area contributed by atoms with E-state index in [4.69, 9.17) is 21.4 Å². The van der Waals surface area contributed by atoms with Gasteiger partial charge in [-0.05, 0) is 12.1 Å². The fraction of sp³-hybridized carbons (Fsp3) is 0.400. The monoisotopic (exact) mass is 229 g/mol. The fourth-order valence-electron chi connectivity index (χ4n) is 1.13. The van der Waals surface area contributed by atoms with Crippen molar-refractivity contribution in [3.05, 3.63) is 29.0 Å². The van der Waals surface area contributed by atoms with Crippen LogP contribution in [0.4, 0.5) is 0 Å². The Bertz CT molecular complexity index is 343. The Balaban J connectivity index is 2.74. The molecule has 0 aliphatic heterocycles. The van der Waals surface area contributed by atoms with Crippen LogP contribution in [0.1, 0.15) is 18.5 Å².